The zero-order valence-electron chi connectivity index (χ0n) is 14.3. The lowest BCUT2D eigenvalue weighted by atomic mass is 10.2. The van der Waals surface area contributed by atoms with Gasteiger partial charge in [0.15, 0.2) is 5.57 Å². The van der Waals surface area contributed by atoms with E-state index >= 15 is 0 Å². The molecule has 2 rings (SSSR count). The summed E-state index contributed by atoms with van der Waals surface area (Å²) in [5.41, 5.74) is -0.240. The predicted octanol–water partition coefficient (Wildman–Crippen LogP) is 0.0904. The van der Waals surface area contributed by atoms with E-state index in [0.29, 0.717) is 5.56 Å². The molecule has 0 spiro atoms. The van der Waals surface area contributed by atoms with Gasteiger partial charge >= 0.3 is 0 Å². The maximum Gasteiger partial charge on any atom is 0.270 e. The number of rotatable bonds is 5. The Kier molecular flexibility index (Phi) is 6.26. The second-order valence-electron chi connectivity index (χ2n) is 5.19. The van der Waals surface area contributed by atoms with Crippen molar-refractivity contribution in [3.8, 4) is 18.4 Å². The number of thiazole rings is 1. The number of non-ortho nitro benzene ring substituents is 1. The van der Waals surface area contributed by atoms with Gasteiger partial charge in [0.1, 0.15) is 10.7 Å². The number of nitrogens with zero attached hydrogens (tertiary/aromatic N) is 3. The smallest absolute Gasteiger partial charge is 0.270 e. The number of terminal acetylenes is 1. The summed E-state index contributed by atoms with van der Waals surface area (Å²) in [7, 11) is 0. The van der Waals surface area contributed by atoms with Crippen molar-refractivity contribution in [3.63, 3.8) is 0 Å². The fourth-order valence-electron chi connectivity index (χ4n) is 2.29. The third-order valence-corrected chi connectivity index (χ3v) is 4.64. The number of hydrogen-bond acceptors (Lipinski definition) is 6. The number of nitriles is 1. The first kappa shape index (κ1) is 19.6. The lowest BCUT2D eigenvalue weighted by molar-refractivity contribution is -0.384. The van der Waals surface area contributed by atoms with Crippen LogP contribution >= 0.6 is 11.3 Å². The fourth-order valence-corrected chi connectivity index (χ4v) is 3.45. The Morgan fingerprint density at radius 3 is 2.85 bits per heavy atom. The molecule has 1 N–H and O–H groups in total. The average molecular weight is 382 g/mol. The Bertz CT molecular complexity index is 1160. The Balaban J connectivity index is 2.71. The van der Waals surface area contributed by atoms with Crippen LogP contribution in [0.3, 0.4) is 0 Å². The van der Waals surface area contributed by atoms with Gasteiger partial charge in [-0.3, -0.25) is 24.3 Å². The monoisotopic (exact) mass is 382 g/mol. The van der Waals surface area contributed by atoms with Crippen molar-refractivity contribution in [3.05, 3.63) is 59.5 Å². The number of aromatic nitrogens is 1. The highest BCUT2D eigenvalue weighted by molar-refractivity contribution is 7.07. The summed E-state index contributed by atoms with van der Waals surface area (Å²) in [6.07, 6.45) is 6.59. The summed E-state index contributed by atoms with van der Waals surface area (Å²) < 4.78 is 1.77. The summed E-state index contributed by atoms with van der Waals surface area (Å²) >= 11 is 0.967. The van der Waals surface area contributed by atoms with E-state index in [1.54, 1.807) is 13.0 Å². The summed E-state index contributed by atoms with van der Waals surface area (Å²) in [4.78, 5) is 35.1. The minimum Gasteiger partial charge on any atom is -0.340 e. The second-order valence-corrected chi connectivity index (χ2v) is 6.22. The molecule has 0 unspecified atom stereocenters. The van der Waals surface area contributed by atoms with E-state index < -0.39 is 10.8 Å². The molecule has 0 fully saturated rings. The van der Waals surface area contributed by atoms with Gasteiger partial charge in [-0.25, -0.2) is 0 Å². The topological polar surface area (TPSA) is 118 Å². The molecule has 8 nitrogen and oxygen atoms in total. The van der Waals surface area contributed by atoms with Gasteiger partial charge in [-0.1, -0.05) is 18.1 Å². The van der Waals surface area contributed by atoms with Gasteiger partial charge in [0.2, 0.25) is 0 Å². The highest BCUT2D eigenvalue weighted by Crippen LogP contribution is 2.13. The molecular formula is C18H14N4O4S. The number of nitro benzene ring substituents is 1. The van der Waals surface area contributed by atoms with E-state index in [2.05, 4.69) is 11.2 Å². The normalized spacial score (nSPS) is 12.0. The Morgan fingerprint density at radius 2 is 2.26 bits per heavy atom. The molecule has 0 aliphatic carbocycles. The molecule has 1 aromatic carbocycles. The minimum absolute atomic E-state index is 0.0432. The Labute approximate surface area is 157 Å². The van der Waals surface area contributed by atoms with Crippen molar-refractivity contribution in [2.75, 3.05) is 6.54 Å². The number of carbonyl (C=O) groups excluding carboxylic acids is 1. The average Bonchev–Trinajstić information content (AvgIpc) is 2.96. The molecule has 27 heavy (non-hydrogen) atoms. The van der Waals surface area contributed by atoms with Crippen LogP contribution in [0, 0.1) is 33.8 Å². The van der Waals surface area contributed by atoms with Crippen LogP contribution in [-0.2, 0) is 11.3 Å². The molecule has 1 aromatic heterocycles. The van der Waals surface area contributed by atoms with Crippen LogP contribution in [0.1, 0.15) is 12.5 Å². The van der Waals surface area contributed by atoms with Crippen LogP contribution in [0.5, 0.6) is 0 Å². The van der Waals surface area contributed by atoms with Crippen molar-refractivity contribution in [2.24, 2.45) is 0 Å². The van der Waals surface area contributed by atoms with Gasteiger partial charge in [-0.15, -0.1) is 17.8 Å². The number of nitro groups is 1. The van der Waals surface area contributed by atoms with Gasteiger partial charge < -0.3 is 5.32 Å². The van der Waals surface area contributed by atoms with Crippen LogP contribution in [0.15, 0.2) is 29.1 Å². The van der Waals surface area contributed by atoms with Crippen LogP contribution < -0.4 is 20.1 Å². The van der Waals surface area contributed by atoms with Crippen LogP contribution in [0.4, 0.5) is 5.69 Å². The van der Waals surface area contributed by atoms with Crippen molar-refractivity contribution < 1.29 is 9.72 Å². The zero-order valence-corrected chi connectivity index (χ0v) is 15.1. The van der Waals surface area contributed by atoms with Crippen LogP contribution in [-0.4, -0.2) is 21.9 Å². The molecule has 0 saturated carbocycles. The molecule has 0 saturated heterocycles. The predicted molar refractivity (Wildman–Crippen MR) is 101 cm³/mol. The third kappa shape index (κ3) is 4.29. The van der Waals surface area contributed by atoms with Gasteiger partial charge in [0, 0.05) is 18.7 Å². The molecule has 1 heterocycles. The third-order valence-electron chi connectivity index (χ3n) is 3.51. The molecule has 0 atom stereocenters. The summed E-state index contributed by atoms with van der Waals surface area (Å²) in [5.74, 6) is 1.57. The van der Waals surface area contributed by atoms with E-state index in [-0.39, 0.29) is 39.1 Å². The van der Waals surface area contributed by atoms with Gasteiger partial charge in [-0.2, -0.15) is 5.26 Å². The summed E-state index contributed by atoms with van der Waals surface area (Å²) in [6.45, 7) is 1.92. The first-order valence-corrected chi connectivity index (χ1v) is 8.56. The van der Waals surface area contributed by atoms with E-state index in [0.717, 1.165) is 11.3 Å². The van der Waals surface area contributed by atoms with Crippen LogP contribution in [0.25, 0.3) is 11.6 Å². The van der Waals surface area contributed by atoms with Gasteiger partial charge in [-0.05, 0) is 18.6 Å². The fraction of sp³-hybridized carbons (Fsp3) is 0.167. The van der Waals surface area contributed by atoms with Crippen molar-refractivity contribution in [1.29, 1.82) is 5.26 Å². The maximum absolute atomic E-state index is 12.6. The molecule has 1 amide bonds. The summed E-state index contributed by atoms with van der Waals surface area (Å²) in [5, 5.41) is 22.7. The molecule has 0 bridgehead atoms. The standard InChI is InChI=1S/C18H14N4O4S/c1-3-8-20-16(23)14(11-19)18-21(4-2)17(24)15(27-18)10-12-6-5-7-13(9-12)22(25)26/h1,5-7,9-10H,4,8H2,2H3,(H,20,23)/b15-10-,18-14-. The lowest BCUT2D eigenvalue weighted by Crippen LogP contribution is -2.34. The number of amides is 1. The quantitative estimate of drug-likeness (QED) is 0.447. The van der Waals surface area contributed by atoms with Crippen molar-refractivity contribution in [2.45, 2.75) is 13.5 Å². The molecule has 136 valence electrons. The molecule has 9 heteroatoms. The largest absolute Gasteiger partial charge is 0.340 e. The van der Waals surface area contributed by atoms with Crippen LogP contribution in [0.2, 0.25) is 0 Å². The summed E-state index contributed by atoms with van der Waals surface area (Å²) in [6, 6.07) is 7.63. The number of nitrogens with one attached hydrogen (secondary N) is 1. The number of benzene rings is 1. The minimum atomic E-state index is -0.666. The molecular weight excluding hydrogens is 368 g/mol. The van der Waals surface area contributed by atoms with Crippen molar-refractivity contribution in [1.82, 2.24) is 9.88 Å². The molecule has 0 aliphatic heterocycles. The molecule has 0 aliphatic rings. The highest BCUT2D eigenvalue weighted by Gasteiger charge is 2.15. The maximum atomic E-state index is 12.6. The van der Waals surface area contributed by atoms with Gasteiger partial charge in [0.25, 0.3) is 17.2 Å². The van der Waals surface area contributed by atoms with E-state index in [4.69, 9.17) is 6.42 Å². The Morgan fingerprint density at radius 1 is 1.52 bits per heavy atom. The SMILES string of the molecule is C#CCNC(=O)/C(C#N)=c1\s/c(=C\c2cccc([N+](=O)[O-])c2)c(=O)n1CC. The molecule has 2 aromatic rings. The van der Waals surface area contributed by atoms with E-state index in [1.807, 2.05) is 6.07 Å². The lowest BCUT2D eigenvalue weighted by Gasteiger charge is -2.00. The van der Waals surface area contributed by atoms with E-state index in [9.17, 15) is 25.0 Å². The highest BCUT2D eigenvalue weighted by atomic mass is 32.1. The Hall–Kier alpha value is -3.69. The molecule has 0 radical (unpaired) electrons. The first-order valence-electron chi connectivity index (χ1n) is 7.74. The number of hydrogen-bond donors (Lipinski definition) is 1. The second kappa shape index (κ2) is 8.61. The van der Waals surface area contributed by atoms with Gasteiger partial charge in [0.05, 0.1) is 16.0 Å². The van der Waals surface area contributed by atoms with Crippen molar-refractivity contribution >= 4 is 34.6 Å². The van der Waals surface area contributed by atoms with E-state index in [1.165, 1.54) is 28.8 Å². The number of carbonyl (C=O) groups is 1. The first-order chi connectivity index (χ1) is 12.9. The zero-order chi connectivity index (χ0) is 20.0.